The van der Waals surface area contributed by atoms with Crippen LogP contribution in [0.2, 0.25) is 0 Å². The minimum atomic E-state index is -0.451. The third-order valence-electron chi connectivity index (χ3n) is 3.01. The molecule has 0 fully saturated rings. The Labute approximate surface area is 108 Å². The number of ether oxygens (including phenoxy) is 1. The van der Waals surface area contributed by atoms with Crippen LogP contribution in [-0.2, 0) is 0 Å². The van der Waals surface area contributed by atoms with Gasteiger partial charge >= 0.3 is 5.69 Å². The molecule has 0 spiro atoms. The number of nitrogens with zero attached hydrogens (tertiary/aromatic N) is 2. The molecule has 0 N–H and O–H groups in total. The maximum atomic E-state index is 11.0. The number of aromatic nitrogens is 1. The Bertz CT molecular complexity index is 799. The zero-order chi connectivity index (χ0) is 13.4. The molecular weight excluding hydrogens is 244 g/mol. The fourth-order valence-corrected chi connectivity index (χ4v) is 2.10. The van der Waals surface area contributed by atoms with Crippen LogP contribution in [0.5, 0.6) is 5.75 Å². The van der Waals surface area contributed by atoms with Gasteiger partial charge in [-0.05, 0) is 12.1 Å². The number of benzene rings is 2. The van der Waals surface area contributed by atoms with Gasteiger partial charge in [-0.15, -0.1) is 0 Å². The van der Waals surface area contributed by atoms with Crippen molar-refractivity contribution in [2.24, 2.45) is 0 Å². The van der Waals surface area contributed by atoms with Gasteiger partial charge in [0.25, 0.3) is 0 Å². The van der Waals surface area contributed by atoms with Gasteiger partial charge < -0.3 is 4.74 Å². The van der Waals surface area contributed by atoms with E-state index in [0.717, 1.165) is 16.3 Å². The lowest BCUT2D eigenvalue weighted by Crippen LogP contribution is -1.94. The number of rotatable bonds is 2. The van der Waals surface area contributed by atoms with Crippen LogP contribution >= 0.6 is 0 Å². The Hall–Kier alpha value is -2.69. The van der Waals surface area contributed by atoms with Crippen molar-refractivity contribution in [2.75, 3.05) is 7.11 Å². The second kappa shape index (κ2) is 4.20. The molecule has 0 amide bonds. The lowest BCUT2D eigenvalue weighted by Gasteiger charge is -2.05. The fourth-order valence-electron chi connectivity index (χ4n) is 2.10. The van der Waals surface area contributed by atoms with Crippen molar-refractivity contribution in [3.63, 3.8) is 0 Å². The number of pyridine rings is 1. The van der Waals surface area contributed by atoms with E-state index in [9.17, 15) is 10.1 Å². The van der Waals surface area contributed by atoms with Crippen molar-refractivity contribution in [1.82, 2.24) is 4.98 Å². The Kier molecular flexibility index (Phi) is 2.52. The van der Waals surface area contributed by atoms with E-state index in [0.29, 0.717) is 5.52 Å². The Morgan fingerprint density at radius 2 is 1.89 bits per heavy atom. The van der Waals surface area contributed by atoms with E-state index in [-0.39, 0.29) is 11.4 Å². The Morgan fingerprint density at radius 3 is 2.63 bits per heavy atom. The number of fused-ring (bicyclic) bond motifs is 2. The smallest absolute Gasteiger partial charge is 0.311 e. The molecule has 0 saturated heterocycles. The highest BCUT2D eigenvalue weighted by molar-refractivity contribution is 5.94. The molecular formula is C14H10N2O3. The molecule has 5 nitrogen and oxygen atoms in total. The second-order valence-electron chi connectivity index (χ2n) is 4.15. The molecule has 94 valence electrons. The Balaban J connectivity index is 2.38. The molecule has 0 radical (unpaired) electrons. The first-order valence-corrected chi connectivity index (χ1v) is 5.71. The van der Waals surface area contributed by atoms with Gasteiger partial charge in [0, 0.05) is 22.9 Å². The summed E-state index contributed by atoms with van der Waals surface area (Å²) in [5, 5.41) is 12.7. The van der Waals surface area contributed by atoms with Crippen molar-refractivity contribution >= 4 is 27.5 Å². The largest absolute Gasteiger partial charge is 0.490 e. The first kappa shape index (κ1) is 11.4. The molecule has 0 aliphatic carbocycles. The second-order valence-corrected chi connectivity index (χ2v) is 4.15. The number of hydrogen-bond acceptors (Lipinski definition) is 4. The predicted octanol–water partition coefficient (Wildman–Crippen LogP) is 3.30. The number of para-hydroxylation sites is 1. The molecule has 0 aliphatic rings. The highest BCUT2D eigenvalue weighted by Crippen LogP contribution is 2.32. The monoisotopic (exact) mass is 254 g/mol. The SMILES string of the molecule is COc1cc2nc3ccccc3cc2cc1[N+](=O)[O-]. The number of hydrogen-bond donors (Lipinski definition) is 0. The van der Waals surface area contributed by atoms with Gasteiger partial charge in [0.1, 0.15) is 0 Å². The summed E-state index contributed by atoms with van der Waals surface area (Å²) in [6, 6.07) is 12.6. The van der Waals surface area contributed by atoms with Crippen LogP contribution in [0.25, 0.3) is 21.8 Å². The Morgan fingerprint density at radius 1 is 1.11 bits per heavy atom. The lowest BCUT2D eigenvalue weighted by molar-refractivity contribution is -0.385. The van der Waals surface area contributed by atoms with Gasteiger partial charge in [0.2, 0.25) is 0 Å². The summed E-state index contributed by atoms with van der Waals surface area (Å²) in [5.74, 6) is 0.222. The summed E-state index contributed by atoms with van der Waals surface area (Å²) in [5.41, 5.74) is 1.49. The maximum Gasteiger partial charge on any atom is 0.311 e. The maximum absolute atomic E-state index is 11.0. The van der Waals surface area contributed by atoms with Crippen molar-refractivity contribution < 1.29 is 9.66 Å². The lowest BCUT2D eigenvalue weighted by atomic mass is 10.1. The minimum Gasteiger partial charge on any atom is -0.490 e. The van der Waals surface area contributed by atoms with Crippen LogP contribution in [0.1, 0.15) is 0 Å². The third kappa shape index (κ3) is 1.85. The molecule has 1 heterocycles. The summed E-state index contributed by atoms with van der Waals surface area (Å²) in [6.07, 6.45) is 0. The standard InChI is InChI=1S/C14H10N2O3/c1-19-14-8-12-10(7-13(14)16(17)18)6-9-4-2-3-5-11(9)15-12/h2-8H,1H3. The molecule has 0 aliphatic heterocycles. The topological polar surface area (TPSA) is 65.3 Å². The summed E-state index contributed by atoms with van der Waals surface area (Å²) >= 11 is 0. The zero-order valence-corrected chi connectivity index (χ0v) is 10.2. The van der Waals surface area contributed by atoms with E-state index in [2.05, 4.69) is 4.98 Å². The molecule has 3 rings (SSSR count). The van der Waals surface area contributed by atoms with Gasteiger partial charge in [-0.1, -0.05) is 18.2 Å². The molecule has 5 heteroatoms. The van der Waals surface area contributed by atoms with E-state index >= 15 is 0 Å². The summed E-state index contributed by atoms with van der Waals surface area (Å²) < 4.78 is 5.05. The molecule has 19 heavy (non-hydrogen) atoms. The average molecular weight is 254 g/mol. The summed E-state index contributed by atoms with van der Waals surface area (Å²) in [6.45, 7) is 0. The van der Waals surface area contributed by atoms with E-state index in [1.54, 1.807) is 6.07 Å². The average Bonchev–Trinajstić information content (AvgIpc) is 2.43. The zero-order valence-electron chi connectivity index (χ0n) is 10.2. The van der Waals surface area contributed by atoms with Crippen LogP contribution in [-0.4, -0.2) is 17.0 Å². The van der Waals surface area contributed by atoms with E-state index in [4.69, 9.17) is 4.74 Å². The van der Waals surface area contributed by atoms with Crippen LogP contribution in [0.4, 0.5) is 5.69 Å². The molecule has 1 aromatic heterocycles. The normalized spacial score (nSPS) is 10.8. The molecule has 2 aromatic carbocycles. The predicted molar refractivity (Wildman–Crippen MR) is 72.5 cm³/mol. The van der Waals surface area contributed by atoms with Crippen molar-refractivity contribution in [3.8, 4) is 5.75 Å². The van der Waals surface area contributed by atoms with Gasteiger partial charge in [-0.25, -0.2) is 4.98 Å². The minimum absolute atomic E-state index is 0.0490. The number of nitro benzene ring substituents is 1. The van der Waals surface area contributed by atoms with Crippen molar-refractivity contribution in [2.45, 2.75) is 0 Å². The van der Waals surface area contributed by atoms with Crippen molar-refractivity contribution in [1.29, 1.82) is 0 Å². The summed E-state index contributed by atoms with van der Waals surface area (Å²) in [4.78, 5) is 15.0. The van der Waals surface area contributed by atoms with E-state index < -0.39 is 4.92 Å². The van der Waals surface area contributed by atoms with Crippen LogP contribution in [0, 0.1) is 10.1 Å². The van der Waals surface area contributed by atoms with Gasteiger partial charge in [0.15, 0.2) is 5.75 Å². The highest BCUT2D eigenvalue weighted by Gasteiger charge is 2.16. The molecule has 0 bridgehead atoms. The highest BCUT2D eigenvalue weighted by atomic mass is 16.6. The van der Waals surface area contributed by atoms with Crippen LogP contribution in [0.3, 0.4) is 0 Å². The fraction of sp³-hybridized carbons (Fsp3) is 0.0714. The molecule has 0 saturated carbocycles. The number of methoxy groups -OCH3 is 1. The summed E-state index contributed by atoms with van der Waals surface area (Å²) in [7, 11) is 1.41. The van der Waals surface area contributed by atoms with E-state index in [1.165, 1.54) is 13.2 Å². The molecule has 0 unspecified atom stereocenters. The van der Waals surface area contributed by atoms with E-state index in [1.807, 2.05) is 30.3 Å². The van der Waals surface area contributed by atoms with Gasteiger partial charge in [0.05, 0.1) is 23.1 Å². The van der Waals surface area contributed by atoms with Crippen molar-refractivity contribution in [3.05, 3.63) is 52.6 Å². The van der Waals surface area contributed by atoms with Gasteiger partial charge in [-0.3, -0.25) is 10.1 Å². The quantitative estimate of drug-likeness (QED) is 0.400. The third-order valence-corrected chi connectivity index (χ3v) is 3.01. The first-order chi connectivity index (χ1) is 9.19. The number of nitro groups is 1. The first-order valence-electron chi connectivity index (χ1n) is 5.71. The molecule has 0 atom stereocenters. The van der Waals surface area contributed by atoms with Gasteiger partial charge in [-0.2, -0.15) is 0 Å². The van der Waals surface area contributed by atoms with Crippen LogP contribution < -0.4 is 4.74 Å². The van der Waals surface area contributed by atoms with Crippen LogP contribution in [0.15, 0.2) is 42.5 Å². The molecule has 3 aromatic rings.